The summed E-state index contributed by atoms with van der Waals surface area (Å²) in [6.45, 7) is 0. The van der Waals surface area contributed by atoms with Crippen molar-refractivity contribution in [1.29, 1.82) is 0 Å². The van der Waals surface area contributed by atoms with E-state index in [-0.39, 0.29) is 5.69 Å². The van der Waals surface area contributed by atoms with Gasteiger partial charge in [0.15, 0.2) is 17.5 Å². The third-order valence-corrected chi connectivity index (χ3v) is 3.19. The van der Waals surface area contributed by atoms with Gasteiger partial charge in [-0.25, -0.2) is 18.2 Å². The summed E-state index contributed by atoms with van der Waals surface area (Å²) in [5, 5.41) is 5.31. The molecule has 1 aromatic carbocycles. The van der Waals surface area contributed by atoms with E-state index in [1.54, 1.807) is 12.1 Å². The number of carbonyl (C=O) groups is 1. The second kappa shape index (κ2) is 5.67. The third kappa shape index (κ3) is 3.03. The van der Waals surface area contributed by atoms with Crippen LogP contribution in [0, 0.1) is 17.5 Å². The van der Waals surface area contributed by atoms with E-state index in [1.165, 1.54) is 6.07 Å². The van der Waals surface area contributed by atoms with Gasteiger partial charge in [-0.1, -0.05) is 6.07 Å². The Hall–Kier alpha value is -2.57. The lowest BCUT2D eigenvalue weighted by atomic mass is 10.2. The highest BCUT2D eigenvalue weighted by Gasteiger charge is 2.22. The summed E-state index contributed by atoms with van der Waals surface area (Å²) in [4.78, 5) is 16.1. The monoisotopic (exact) mass is 307 g/mol. The number of benzene rings is 1. The van der Waals surface area contributed by atoms with E-state index in [0.717, 1.165) is 25.0 Å². The van der Waals surface area contributed by atoms with Crippen LogP contribution in [0.1, 0.15) is 23.3 Å². The fraction of sp³-hybridized carbons (Fsp3) is 0.200. The summed E-state index contributed by atoms with van der Waals surface area (Å²) in [7, 11) is 0. The number of hydrogen-bond acceptors (Lipinski definition) is 3. The van der Waals surface area contributed by atoms with Crippen LogP contribution in [-0.2, 0) is 0 Å². The predicted octanol–water partition coefficient (Wildman–Crippen LogP) is 3.33. The fourth-order valence-corrected chi connectivity index (χ4v) is 1.89. The molecule has 0 atom stereocenters. The van der Waals surface area contributed by atoms with Gasteiger partial charge in [0, 0.05) is 6.04 Å². The summed E-state index contributed by atoms with van der Waals surface area (Å²) >= 11 is 0. The number of aromatic nitrogens is 1. The van der Waals surface area contributed by atoms with Gasteiger partial charge in [0.05, 0.1) is 5.69 Å². The molecular weight excluding hydrogens is 295 g/mol. The number of pyridine rings is 1. The van der Waals surface area contributed by atoms with Crippen LogP contribution in [0.2, 0.25) is 0 Å². The molecule has 1 aromatic heterocycles. The van der Waals surface area contributed by atoms with Crippen LogP contribution >= 0.6 is 0 Å². The van der Waals surface area contributed by atoms with Gasteiger partial charge in [0.2, 0.25) is 0 Å². The van der Waals surface area contributed by atoms with E-state index in [2.05, 4.69) is 15.6 Å². The molecule has 22 heavy (non-hydrogen) atoms. The zero-order chi connectivity index (χ0) is 15.7. The van der Waals surface area contributed by atoms with Crippen molar-refractivity contribution < 1.29 is 18.0 Å². The Morgan fingerprint density at radius 1 is 1.09 bits per heavy atom. The lowest BCUT2D eigenvalue weighted by molar-refractivity contribution is 0.102. The minimum atomic E-state index is -1.63. The molecule has 1 aliphatic rings. The standard InChI is InChI=1S/C15H12F3N3O/c16-9-6-7-10(14(18)13(9)17)21-15(22)11-2-1-3-12(20-11)19-8-4-5-8/h1-3,6-8H,4-5H2,(H,19,20)(H,21,22). The molecule has 4 nitrogen and oxygen atoms in total. The lowest BCUT2D eigenvalue weighted by Gasteiger charge is -2.08. The molecule has 0 radical (unpaired) electrons. The number of hydrogen-bond donors (Lipinski definition) is 2. The van der Waals surface area contributed by atoms with E-state index in [1.807, 2.05) is 0 Å². The van der Waals surface area contributed by atoms with Crippen LogP contribution in [0.25, 0.3) is 0 Å². The van der Waals surface area contributed by atoms with Gasteiger partial charge in [-0.15, -0.1) is 0 Å². The zero-order valence-corrected chi connectivity index (χ0v) is 11.4. The average Bonchev–Trinajstić information content (AvgIpc) is 3.32. The SMILES string of the molecule is O=C(Nc1ccc(F)c(F)c1F)c1cccc(NC2CC2)n1. The maximum absolute atomic E-state index is 13.5. The second-order valence-electron chi connectivity index (χ2n) is 5.00. The molecular formula is C15H12F3N3O. The maximum atomic E-state index is 13.5. The normalized spacial score (nSPS) is 13.8. The van der Waals surface area contributed by atoms with Crippen LogP contribution < -0.4 is 10.6 Å². The first-order valence-corrected chi connectivity index (χ1v) is 6.73. The van der Waals surface area contributed by atoms with Crippen molar-refractivity contribution >= 4 is 17.4 Å². The third-order valence-electron chi connectivity index (χ3n) is 3.19. The molecule has 0 saturated heterocycles. The molecule has 1 saturated carbocycles. The van der Waals surface area contributed by atoms with E-state index < -0.39 is 29.0 Å². The first-order valence-electron chi connectivity index (χ1n) is 6.73. The predicted molar refractivity (Wildman–Crippen MR) is 75.2 cm³/mol. The second-order valence-corrected chi connectivity index (χ2v) is 5.00. The molecule has 1 amide bonds. The number of rotatable bonds is 4. The first kappa shape index (κ1) is 14.4. The summed E-state index contributed by atoms with van der Waals surface area (Å²) in [6, 6.07) is 6.87. The van der Waals surface area contributed by atoms with Crippen molar-refractivity contribution in [3.63, 3.8) is 0 Å². The molecule has 1 aliphatic carbocycles. The Labute approximate surface area is 124 Å². The van der Waals surface area contributed by atoms with Crippen molar-refractivity contribution in [3.8, 4) is 0 Å². The van der Waals surface area contributed by atoms with Crippen molar-refractivity contribution in [3.05, 3.63) is 53.5 Å². The number of carbonyl (C=O) groups excluding carboxylic acids is 1. The van der Waals surface area contributed by atoms with Crippen molar-refractivity contribution in [2.45, 2.75) is 18.9 Å². The minimum Gasteiger partial charge on any atom is -0.367 e. The Morgan fingerprint density at radius 3 is 2.59 bits per heavy atom. The van der Waals surface area contributed by atoms with Crippen LogP contribution in [-0.4, -0.2) is 16.9 Å². The quantitative estimate of drug-likeness (QED) is 0.852. The lowest BCUT2D eigenvalue weighted by Crippen LogP contribution is -2.16. The molecule has 1 fully saturated rings. The molecule has 2 N–H and O–H groups in total. The van der Waals surface area contributed by atoms with Crippen LogP contribution in [0.3, 0.4) is 0 Å². The number of anilines is 2. The van der Waals surface area contributed by atoms with E-state index in [0.29, 0.717) is 11.9 Å². The van der Waals surface area contributed by atoms with Gasteiger partial charge in [0.25, 0.3) is 5.91 Å². The van der Waals surface area contributed by atoms with Crippen LogP contribution in [0.15, 0.2) is 30.3 Å². The number of nitrogens with one attached hydrogen (secondary N) is 2. The van der Waals surface area contributed by atoms with Gasteiger partial charge in [-0.3, -0.25) is 4.79 Å². The molecule has 0 spiro atoms. The van der Waals surface area contributed by atoms with Crippen molar-refractivity contribution in [2.75, 3.05) is 10.6 Å². The molecule has 0 unspecified atom stereocenters. The molecule has 3 rings (SSSR count). The Kier molecular flexibility index (Phi) is 3.70. The molecule has 114 valence electrons. The van der Waals surface area contributed by atoms with Crippen LogP contribution in [0.5, 0.6) is 0 Å². The topological polar surface area (TPSA) is 54.0 Å². The first-order chi connectivity index (χ1) is 10.5. The highest BCUT2D eigenvalue weighted by Crippen LogP contribution is 2.24. The van der Waals surface area contributed by atoms with Gasteiger partial charge < -0.3 is 10.6 Å². The Bertz CT molecular complexity index is 732. The Morgan fingerprint density at radius 2 is 1.86 bits per heavy atom. The molecule has 2 aromatic rings. The number of halogens is 3. The molecule has 0 aliphatic heterocycles. The van der Waals surface area contributed by atoms with Crippen LogP contribution in [0.4, 0.5) is 24.7 Å². The average molecular weight is 307 g/mol. The highest BCUT2D eigenvalue weighted by atomic mass is 19.2. The van der Waals surface area contributed by atoms with Crippen molar-refractivity contribution in [1.82, 2.24) is 4.98 Å². The van der Waals surface area contributed by atoms with E-state index in [9.17, 15) is 18.0 Å². The van der Waals surface area contributed by atoms with Gasteiger partial charge >= 0.3 is 0 Å². The largest absolute Gasteiger partial charge is 0.367 e. The fourth-order valence-electron chi connectivity index (χ4n) is 1.89. The smallest absolute Gasteiger partial charge is 0.274 e. The van der Waals surface area contributed by atoms with E-state index >= 15 is 0 Å². The highest BCUT2D eigenvalue weighted by molar-refractivity contribution is 6.03. The van der Waals surface area contributed by atoms with Gasteiger partial charge in [-0.2, -0.15) is 0 Å². The van der Waals surface area contributed by atoms with Gasteiger partial charge in [0.1, 0.15) is 11.5 Å². The van der Waals surface area contributed by atoms with Gasteiger partial charge in [-0.05, 0) is 37.1 Å². The molecule has 7 heteroatoms. The zero-order valence-electron chi connectivity index (χ0n) is 11.4. The summed E-state index contributed by atoms with van der Waals surface area (Å²) in [6.07, 6.45) is 2.11. The molecule has 0 bridgehead atoms. The summed E-state index contributed by atoms with van der Waals surface area (Å²) in [5.41, 5.74) is -0.388. The van der Waals surface area contributed by atoms with E-state index in [4.69, 9.17) is 0 Å². The maximum Gasteiger partial charge on any atom is 0.274 e. The minimum absolute atomic E-state index is 0.0507. The van der Waals surface area contributed by atoms with Crippen molar-refractivity contribution in [2.24, 2.45) is 0 Å². The Balaban J connectivity index is 1.78. The summed E-state index contributed by atoms with van der Waals surface area (Å²) < 4.78 is 39.5. The number of nitrogens with zero attached hydrogens (tertiary/aromatic N) is 1. The number of amides is 1. The summed E-state index contributed by atoms with van der Waals surface area (Å²) in [5.74, 6) is -4.55. The molecule has 1 heterocycles.